The number of ether oxygens (including phenoxy) is 2. The highest BCUT2D eigenvalue weighted by molar-refractivity contribution is 9.10. The van der Waals surface area contributed by atoms with Crippen molar-refractivity contribution in [3.8, 4) is 11.5 Å². The van der Waals surface area contributed by atoms with Gasteiger partial charge in [0.25, 0.3) is 5.78 Å². The Kier molecular flexibility index (Phi) is 4.09. The van der Waals surface area contributed by atoms with Crippen LogP contribution >= 0.6 is 15.9 Å². The molecule has 1 saturated carbocycles. The molecule has 1 aromatic carbocycles. The summed E-state index contributed by atoms with van der Waals surface area (Å²) in [5, 5.41) is 8.71. The third-order valence-electron chi connectivity index (χ3n) is 2.85. The number of aliphatic carboxylic acids is 1. The van der Waals surface area contributed by atoms with E-state index < -0.39 is 11.8 Å². The van der Waals surface area contributed by atoms with Gasteiger partial charge in [0.15, 0.2) is 11.5 Å². The predicted molar refractivity (Wildman–Crippen MR) is 70.9 cm³/mol. The van der Waals surface area contributed by atoms with Crippen molar-refractivity contribution in [3.05, 3.63) is 22.2 Å². The number of carboxylic acid groups (broad SMARTS) is 1. The summed E-state index contributed by atoms with van der Waals surface area (Å²) in [6.07, 6.45) is 2.32. The van der Waals surface area contributed by atoms with Crippen molar-refractivity contribution in [2.45, 2.75) is 12.8 Å². The van der Waals surface area contributed by atoms with Crippen molar-refractivity contribution >= 4 is 27.7 Å². The monoisotopic (exact) mass is 328 g/mol. The molecule has 0 aromatic heterocycles. The normalized spacial score (nSPS) is 14.0. The Morgan fingerprint density at radius 2 is 2.11 bits per heavy atom. The summed E-state index contributed by atoms with van der Waals surface area (Å²) in [5.41, 5.74) is 0.0509. The first-order valence-corrected chi connectivity index (χ1v) is 6.60. The van der Waals surface area contributed by atoms with Gasteiger partial charge in [-0.3, -0.25) is 4.79 Å². The summed E-state index contributed by atoms with van der Waals surface area (Å²) in [6.45, 7) is 0.598. The topological polar surface area (TPSA) is 72.8 Å². The average molecular weight is 329 g/mol. The molecule has 0 heterocycles. The smallest absolute Gasteiger partial charge is 0.377 e. The molecule has 5 nitrogen and oxygen atoms in total. The number of ketones is 1. The van der Waals surface area contributed by atoms with Crippen LogP contribution in [0.3, 0.4) is 0 Å². The maximum atomic E-state index is 11.4. The van der Waals surface area contributed by atoms with E-state index >= 15 is 0 Å². The number of rotatable bonds is 6. The molecular weight excluding hydrogens is 316 g/mol. The van der Waals surface area contributed by atoms with Gasteiger partial charge < -0.3 is 14.6 Å². The standard InChI is InChI=1S/C13H13BrO5/c1-18-10-5-8(11(15)13(16)17)4-9(14)12(10)19-6-7-2-3-7/h4-5,7H,2-3,6H2,1H3,(H,16,17). The summed E-state index contributed by atoms with van der Waals surface area (Å²) in [5.74, 6) is -1.05. The zero-order valence-corrected chi connectivity index (χ0v) is 11.9. The van der Waals surface area contributed by atoms with Gasteiger partial charge in [-0.2, -0.15) is 0 Å². The van der Waals surface area contributed by atoms with Crippen molar-refractivity contribution in [1.29, 1.82) is 0 Å². The maximum absolute atomic E-state index is 11.4. The molecule has 102 valence electrons. The van der Waals surface area contributed by atoms with E-state index in [9.17, 15) is 9.59 Å². The molecule has 0 bridgehead atoms. The second kappa shape index (κ2) is 5.61. The molecule has 0 saturated heterocycles. The van der Waals surface area contributed by atoms with Gasteiger partial charge in [-0.25, -0.2) is 4.79 Å². The van der Waals surface area contributed by atoms with Crippen molar-refractivity contribution in [2.24, 2.45) is 5.92 Å². The third-order valence-corrected chi connectivity index (χ3v) is 3.44. The van der Waals surface area contributed by atoms with Gasteiger partial charge >= 0.3 is 5.97 Å². The Morgan fingerprint density at radius 3 is 2.63 bits per heavy atom. The maximum Gasteiger partial charge on any atom is 0.377 e. The van der Waals surface area contributed by atoms with E-state index in [4.69, 9.17) is 14.6 Å². The first-order valence-electron chi connectivity index (χ1n) is 5.81. The minimum atomic E-state index is -1.50. The molecule has 0 radical (unpaired) electrons. The fraction of sp³-hybridized carbons (Fsp3) is 0.385. The molecule has 19 heavy (non-hydrogen) atoms. The van der Waals surface area contributed by atoms with Crippen LogP contribution in [0, 0.1) is 5.92 Å². The first kappa shape index (κ1) is 13.9. The average Bonchev–Trinajstić information content (AvgIpc) is 3.19. The SMILES string of the molecule is COc1cc(C(=O)C(=O)O)cc(Br)c1OCC1CC1. The molecule has 0 aliphatic heterocycles. The van der Waals surface area contributed by atoms with E-state index in [2.05, 4.69) is 15.9 Å². The van der Waals surface area contributed by atoms with Crippen LogP contribution in [-0.4, -0.2) is 30.6 Å². The molecule has 0 spiro atoms. The molecular formula is C13H13BrO5. The number of carbonyl (C=O) groups excluding carboxylic acids is 1. The number of halogens is 1. The lowest BCUT2D eigenvalue weighted by Gasteiger charge is -2.13. The Bertz CT molecular complexity index is 522. The molecule has 0 unspecified atom stereocenters. The number of Topliss-reactive ketones (excluding diaryl/α,β-unsaturated/α-hetero) is 1. The molecule has 0 atom stereocenters. The summed E-state index contributed by atoms with van der Waals surface area (Å²) >= 11 is 3.28. The van der Waals surface area contributed by atoms with Gasteiger partial charge in [0.2, 0.25) is 0 Å². The van der Waals surface area contributed by atoms with Crippen LogP contribution in [0.5, 0.6) is 11.5 Å². The van der Waals surface area contributed by atoms with Crippen molar-refractivity contribution < 1.29 is 24.2 Å². The molecule has 2 rings (SSSR count). The third kappa shape index (κ3) is 3.26. The largest absolute Gasteiger partial charge is 0.493 e. The zero-order valence-electron chi connectivity index (χ0n) is 10.3. The summed E-state index contributed by atoms with van der Waals surface area (Å²) in [4.78, 5) is 22.1. The molecule has 1 aliphatic carbocycles. The minimum Gasteiger partial charge on any atom is -0.493 e. The number of carboxylic acids is 1. The predicted octanol–water partition coefficient (Wildman–Crippen LogP) is 2.51. The van der Waals surface area contributed by atoms with Gasteiger partial charge in [-0.15, -0.1) is 0 Å². The summed E-state index contributed by atoms with van der Waals surface area (Å²) < 4.78 is 11.3. The van der Waals surface area contributed by atoms with Gasteiger partial charge in [0, 0.05) is 5.56 Å². The molecule has 1 N–H and O–H groups in total. The van der Waals surface area contributed by atoms with Crippen LogP contribution in [0.15, 0.2) is 16.6 Å². The molecule has 6 heteroatoms. The van der Waals surface area contributed by atoms with E-state index in [0.29, 0.717) is 28.5 Å². The van der Waals surface area contributed by atoms with Crippen molar-refractivity contribution in [3.63, 3.8) is 0 Å². The van der Waals surface area contributed by atoms with Crippen LogP contribution in [0.25, 0.3) is 0 Å². The Balaban J connectivity index is 2.28. The molecule has 1 aromatic rings. The van der Waals surface area contributed by atoms with Crippen molar-refractivity contribution in [1.82, 2.24) is 0 Å². The van der Waals surface area contributed by atoms with Gasteiger partial charge in [-0.05, 0) is 46.8 Å². The lowest BCUT2D eigenvalue weighted by atomic mass is 10.1. The minimum absolute atomic E-state index is 0.0509. The molecule has 1 aliphatic rings. The highest BCUT2D eigenvalue weighted by atomic mass is 79.9. The Hall–Kier alpha value is -1.56. The second-order valence-corrected chi connectivity index (χ2v) is 5.23. The van der Waals surface area contributed by atoms with Crippen LogP contribution in [0.2, 0.25) is 0 Å². The molecule has 1 fully saturated rings. The van der Waals surface area contributed by atoms with Gasteiger partial charge in [-0.1, -0.05) is 0 Å². The van der Waals surface area contributed by atoms with Crippen LogP contribution in [-0.2, 0) is 4.79 Å². The van der Waals surface area contributed by atoms with E-state index in [0.717, 1.165) is 12.8 Å². The summed E-state index contributed by atoms with van der Waals surface area (Å²) in [6, 6.07) is 2.81. The van der Waals surface area contributed by atoms with Crippen LogP contribution in [0.4, 0.5) is 0 Å². The lowest BCUT2D eigenvalue weighted by molar-refractivity contribution is -0.131. The quantitative estimate of drug-likeness (QED) is 0.641. The van der Waals surface area contributed by atoms with E-state index in [-0.39, 0.29) is 5.56 Å². The van der Waals surface area contributed by atoms with E-state index in [1.54, 1.807) is 0 Å². The van der Waals surface area contributed by atoms with Crippen molar-refractivity contribution in [2.75, 3.05) is 13.7 Å². The number of hydrogen-bond donors (Lipinski definition) is 1. The fourth-order valence-electron chi connectivity index (χ4n) is 1.60. The second-order valence-electron chi connectivity index (χ2n) is 4.38. The number of carbonyl (C=O) groups is 2. The number of methoxy groups -OCH3 is 1. The lowest BCUT2D eigenvalue weighted by Crippen LogP contribution is -2.13. The zero-order chi connectivity index (χ0) is 14.0. The highest BCUT2D eigenvalue weighted by Crippen LogP contribution is 2.38. The molecule has 0 amide bonds. The number of hydrogen-bond acceptors (Lipinski definition) is 4. The van der Waals surface area contributed by atoms with Gasteiger partial charge in [0.05, 0.1) is 18.2 Å². The van der Waals surface area contributed by atoms with E-state index in [1.165, 1.54) is 19.2 Å². The van der Waals surface area contributed by atoms with Crippen LogP contribution < -0.4 is 9.47 Å². The number of benzene rings is 1. The van der Waals surface area contributed by atoms with E-state index in [1.807, 2.05) is 0 Å². The summed E-state index contributed by atoms with van der Waals surface area (Å²) in [7, 11) is 1.45. The highest BCUT2D eigenvalue weighted by Gasteiger charge is 2.24. The fourth-order valence-corrected chi connectivity index (χ4v) is 2.16. The van der Waals surface area contributed by atoms with Crippen LogP contribution in [0.1, 0.15) is 23.2 Å². The first-order chi connectivity index (χ1) is 9.02. The van der Waals surface area contributed by atoms with Gasteiger partial charge in [0.1, 0.15) is 0 Å². The Morgan fingerprint density at radius 1 is 1.42 bits per heavy atom. The Labute approximate surface area is 118 Å².